The van der Waals surface area contributed by atoms with Gasteiger partial charge in [-0.3, -0.25) is 4.79 Å². The van der Waals surface area contributed by atoms with Gasteiger partial charge >= 0.3 is 5.97 Å². The van der Waals surface area contributed by atoms with Crippen molar-refractivity contribution in [2.24, 2.45) is 5.41 Å². The molecule has 1 aliphatic carbocycles. The Labute approximate surface area is 65.5 Å². The largest absolute Gasteiger partial charge is 0.468 e. The number of alkyl halides is 1. The highest BCUT2D eigenvalue weighted by Gasteiger charge is 2.66. The summed E-state index contributed by atoms with van der Waals surface area (Å²) >= 11 is 5.91. The summed E-state index contributed by atoms with van der Waals surface area (Å²) in [6.07, 6.45) is 0.716. The maximum atomic E-state index is 11.0. The van der Waals surface area contributed by atoms with Crippen molar-refractivity contribution in [3.63, 3.8) is 0 Å². The maximum absolute atomic E-state index is 11.0. The molecule has 0 aliphatic heterocycles. The standard InChI is InChI=1S/C7H11ClO2/c1-6(2)4-7(6,8)5(9)10-3/h4H2,1-3H3. The van der Waals surface area contributed by atoms with E-state index in [1.54, 1.807) is 0 Å². The first-order valence-electron chi connectivity index (χ1n) is 3.21. The van der Waals surface area contributed by atoms with Gasteiger partial charge in [-0.15, -0.1) is 11.6 Å². The zero-order valence-corrected chi connectivity index (χ0v) is 7.16. The molecule has 1 rings (SSSR count). The fraction of sp³-hybridized carbons (Fsp3) is 0.857. The number of ether oxygens (including phenoxy) is 1. The quantitative estimate of drug-likeness (QED) is 0.432. The fourth-order valence-corrected chi connectivity index (χ4v) is 1.49. The molecule has 0 aromatic carbocycles. The van der Waals surface area contributed by atoms with E-state index in [9.17, 15) is 4.79 Å². The first kappa shape index (κ1) is 7.86. The molecule has 58 valence electrons. The lowest BCUT2D eigenvalue weighted by atomic mass is 10.1. The van der Waals surface area contributed by atoms with Crippen LogP contribution in [0.5, 0.6) is 0 Å². The van der Waals surface area contributed by atoms with Crippen LogP contribution >= 0.6 is 11.6 Å². The molecule has 0 bridgehead atoms. The van der Waals surface area contributed by atoms with Crippen molar-refractivity contribution in [3.05, 3.63) is 0 Å². The summed E-state index contributed by atoms with van der Waals surface area (Å²) in [5.74, 6) is -0.306. The topological polar surface area (TPSA) is 26.3 Å². The van der Waals surface area contributed by atoms with Crippen LogP contribution in [0.2, 0.25) is 0 Å². The molecule has 0 spiro atoms. The van der Waals surface area contributed by atoms with Crippen LogP contribution < -0.4 is 0 Å². The van der Waals surface area contributed by atoms with E-state index in [1.165, 1.54) is 7.11 Å². The Kier molecular flexibility index (Phi) is 1.48. The van der Waals surface area contributed by atoms with E-state index in [2.05, 4.69) is 4.74 Å². The minimum Gasteiger partial charge on any atom is -0.468 e. The zero-order valence-electron chi connectivity index (χ0n) is 6.40. The van der Waals surface area contributed by atoms with Crippen molar-refractivity contribution in [1.82, 2.24) is 0 Å². The Morgan fingerprint density at radius 3 is 2.10 bits per heavy atom. The van der Waals surface area contributed by atoms with Crippen molar-refractivity contribution in [2.45, 2.75) is 25.1 Å². The first-order valence-corrected chi connectivity index (χ1v) is 3.59. The van der Waals surface area contributed by atoms with Crippen LogP contribution in [0, 0.1) is 5.41 Å². The highest BCUT2D eigenvalue weighted by atomic mass is 35.5. The van der Waals surface area contributed by atoms with Gasteiger partial charge in [0.2, 0.25) is 0 Å². The maximum Gasteiger partial charge on any atom is 0.327 e. The Hall–Kier alpha value is -0.240. The van der Waals surface area contributed by atoms with Crippen LogP contribution in [0.4, 0.5) is 0 Å². The summed E-state index contributed by atoms with van der Waals surface area (Å²) in [7, 11) is 1.36. The number of esters is 1. The zero-order chi connectivity index (χ0) is 7.99. The highest BCUT2D eigenvalue weighted by molar-refractivity contribution is 6.37. The number of halogens is 1. The monoisotopic (exact) mass is 162 g/mol. The highest BCUT2D eigenvalue weighted by Crippen LogP contribution is 2.60. The number of hydrogen-bond acceptors (Lipinski definition) is 2. The molecule has 0 heterocycles. The van der Waals surface area contributed by atoms with E-state index >= 15 is 0 Å². The second-order valence-corrected chi connectivity index (χ2v) is 4.00. The molecule has 0 N–H and O–H groups in total. The lowest BCUT2D eigenvalue weighted by Gasteiger charge is -2.08. The molecule has 1 saturated carbocycles. The molecule has 1 aliphatic rings. The molecule has 0 saturated heterocycles. The van der Waals surface area contributed by atoms with E-state index in [0.29, 0.717) is 6.42 Å². The molecule has 2 nitrogen and oxygen atoms in total. The van der Waals surface area contributed by atoms with E-state index in [1.807, 2.05) is 13.8 Å². The SMILES string of the molecule is COC(=O)C1(Cl)CC1(C)C. The van der Waals surface area contributed by atoms with Gasteiger partial charge in [-0.1, -0.05) is 13.8 Å². The van der Waals surface area contributed by atoms with Crippen LogP contribution in [-0.2, 0) is 9.53 Å². The van der Waals surface area contributed by atoms with Crippen LogP contribution in [0.15, 0.2) is 0 Å². The third kappa shape index (κ3) is 0.823. The van der Waals surface area contributed by atoms with Gasteiger partial charge in [0.25, 0.3) is 0 Å². The van der Waals surface area contributed by atoms with Crippen LogP contribution in [-0.4, -0.2) is 18.0 Å². The van der Waals surface area contributed by atoms with Crippen LogP contribution in [0.1, 0.15) is 20.3 Å². The van der Waals surface area contributed by atoms with Crippen LogP contribution in [0.25, 0.3) is 0 Å². The van der Waals surface area contributed by atoms with Gasteiger partial charge in [0.15, 0.2) is 0 Å². The Morgan fingerprint density at radius 2 is 2.00 bits per heavy atom. The normalized spacial score (nSPS) is 35.2. The van der Waals surface area contributed by atoms with Gasteiger partial charge in [0.05, 0.1) is 7.11 Å². The fourth-order valence-electron chi connectivity index (χ4n) is 1.08. The van der Waals surface area contributed by atoms with E-state index < -0.39 is 4.87 Å². The minimum atomic E-state index is -0.734. The number of methoxy groups -OCH3 is 1. The molecule has 0 aromatic heterocycles. The lowest BCUT2D eigenvalue weighted by molar-refractivity contribution is -0.141. The number of rotatable bonds is 1. The summed E-state index contributed by atoms with van der Waals surface area (Å²) in [4.78, 5) is 10.2. The molecular formula is C7H11ClO2. The second kappa shape index (κ2) is 1.88. The van der Waals surface area contributed by atoms with Gasteiger partial charge in [0.1, 0.15) is 4.87 Å². The summed E-state index contributed by atoms with van der Waals surface area (Å²) in [5, 5.41) is 0. The van der Waals surface area contributed by atoms with Gasteiger partial charge in [-0.05, 0) is 11.8 Å². The molecule has 1 fully saturated rings. The summed E-state index contributed by atoms with van der Waals surface area (Å²) in [6.45, 7) is 3.91. The van der Waals surface area contributed by atoms with E-state index in [4.69, 9.17) is 11.6 Å². The summed E-state index contributed by atoms with van der Waals surface area (Å²) in [5.41, 5.74) is -0.0817. The first-order chi connectivity index (χ1) is 4.44. The molecule has 10 heavy (non-hydrogen) atoms. The van der Waals surface area contributed by atoms with Gasteiger partial charge in [-0.2, -0.15) is 0 Å². The van der Waals surface area contributed by atoms with Crippen molar-refractivity contribution >= 4 is 17.6 Å². The average Bonchev–Trinajstić information content (AvgIpc) is 2.32. The smallest absolute Gasteiger partial charge is 0.327 e. The van der Waals surface area contributed by atoms with Crippen molar-refractivity contribution in [3.8, 4) is 0 Å². The Balaban J connectivity index is 2.68. The van der Waals surface area contributed by atoms with E-state index in [0.717, 1.165) is 0 Å². The van der Waals surface area contributed by atoms with Gasteiger partial charge in [0, 0.05) is 0 Å². The third-order valence-corrected chi connectivity index (χ3v) is 2.94. The summed E-state index contributed by atoms with van der Waals surface area (Å²) < 4.78 is 4.54. The minimum absolute atomic E-state index is 0.0817. The molecule has 3 heteroatoms. The third-order valence-electron chi connectivity index (χ3n) is 2.14. The molecule has 0 amide bonds. The van der Waals surface area contributed by atoms with Gasteiger partial charge in [-0.25, -0.2) is 0 Å². The van der Waals surface area contributed by atoms with Gasteiger partial charge < -0.3 is 4.74 Å². The van der Waals surface area contributed by atoms with Crippen LogP contribution in [0.3, 0.4) is 0 Å². The molecule has 0 aromatic rings. The number of hydrogen-bond donors (Lipinski definition) is 0. The average molecular weight is 163 g/mol. The Bertz CT molecular complexity index is 176. The lowest BCUT2D eigenvalue weighted by Crippen LogP contribution is -2.22. The molecule has 0 radical (unpaired) electrons. The van der Waals surface area contributed by atoms with Crippen molar-refractivity contribution in [2.75, 3.05) is 7.11 Å². The molecular weight excluding hydrogens is 152 g/mol. The number of carbonyl (C=O) groups is 1. The predicted octanol–water partition coefficient (Wildman–Crippen LogP) is 1.57. The Morgan fingerprint density at radius 1 is 1.60 bits per heavy atom. The van der Waals surface area contributed by atoms with E-state index in [-0.39, 0.29) is 11.4 Å². The number of carbonyl (C=O) groups excluding carboxylic acids is 1. The van der Waals surface area contributed by atoms with Crippen molar-refractivity contribution < 1.29 is 9.53 Å². The molecule has 1 unspecified atom stereocenters. The molecule has 1 atom stereocenters. The summed E-state index contributed by atoms with van der Waals surface area (Å²) in [6, 6.07) is 0. The second-order valence-electron chi connectivity index (χ2n) is 3.35. The predicted molar refractivity (Wildman–Crippen MR) is 39.0 cm³/mol. The van der Waals surface area contributed by atoms with Crippen molar-refractivity contribution in [1.29, 1.82) is 0 Å².